The Morgan fingerprint density at radius 3 is 2.46 bits per heavy atom. The summed E-state index contributed by atoms with van der Waals surface area (Å²) >= 11 is 0. The molecule has 28 heavy (non-hydrogen) atoms. The second-order valence-corrected chi connectivity index (χ2v) is 7.30. The van der Waals surface area contributed by atoms with Gasteiger partial charge in [-0.05, 0) is 44.4 Å². The molecule has 0 bridgehead atoms. The van der Waals surface area contributed by atoms with Gasteiger partial charge in [-0.3, -0.25) is 14.4 Å². The van der Waals surface area contributed by atoms with Gasteiger partial charge in [0.05, 0.1) is 19.1 Å². The Hall–Kier alpha value is -2.57. The van der Waals surface area contributed by atoms with E-state index in [4.69, 9.17) is 9.47 Å². The third-order valence-corrected chi connectivity index (χ3v) is 5.26. The van der Waals surface area contributed by atoms with E-state index >= 15 is 0 Å². The number of aliphatic carboxylic acids is 1. The van der Waals surface area contributed by atoms with E-state index in [1.54, 1.807) is 18.2 Å². The van der Waals surface area contributed by atoms with Crippen molar-refractivity contribution in [2.45, 2.75) is 51.9 Å². The Morgan fingerprint density at radius 1 is 1.14 bits per heavy atom. The average Bonchev–Trinajstić information content (AvgIpc) is 2.70. The van der Waals surface area contributed by atoms with Crippen molar-refractivity contribution in [3.05, 3.63) is 23.8 Å². The zero-order valence-corrected chi connectivity index (χ0v) is 16.6. The summed E-state index contributed by atoms with van der Waals surface area (Å²) in [7, 11) is 1.50. The van der Waals surface area contributed by atoms with E-state index in [9.17, 15) is 19.5 Å². The lowest BCUT2D eigenvalue weighted by Gasteiger charge is -2.33. The lowest BCUT2D eigenvalue weighted by molar-refractivity contribution is -0.151. The van der Waals surface area contributed by atoms with Gasteiger partial charge in [0, 0.05) is 18.5 Å². The number of hydrogen-bond donors (Lipinski definition) is 2. The molecule has 154 valence electrons. The quantitative estimate of drug-likeness (QED) is 0.469. The fourth-order valence-corrected chi connectivity index (χ4v) is 3.47. The molecule has 0 spiro atoms. The highest BCUT2D eigenvalue weighted by Crippen LogP contribution is 2.36. The van der Waals surface area contributed by atoms with Crippen LogP contribution < -0.4 is 14.8 Å². The molecule has 1 saturated carbocycles. The molecule has 0 aliphatic heterocycles. The summed E-state index contributed by atoms with van der Waals surface area (Å²) < 4.78 is 10.9. The van der Waals surface area contributed by atoms with E-state index < -0.39 is 11.4 Å². The van der Waals surface area contributed by atoms with Gasteiger partial charge in [0.25, 0.3) is 0 Å². The van der Waals surface area contributed by atoms with Gasteiger partial charge >= 0.3 is 5.97 Å². The Balaban J connectivity index is 1.76. The summed E-state index contributed by atoms with van der Waals surface area (Å²) in [6.45, 7) is 1.98. The van der Waals surface area contributed by atoms with Crippen LogP contribution in [0.3, 0.4) is 0 Å². The fraction of sp³-hybridized carbons (Fsp3) is 0.571. The molecule has 1 aromatic carbocycles. The topological polar surface area (TPSA) is 102 Å². The van der Waals surface area contributed by atoms with Crippen molar-refractivity contribution in [2.24, 2.45) is 5.41 Å². The summed E-state index contributed by atoms with van der Waals surface area (Å²) in [5.41, 5.74) is -0.283. The molecule has 0 radical (unpaired) electrons. The minimum atomic E-state index is -0.823. The normalized spacial score (nSPS) is 15.5. The number of Topliss-reactive ketones (excluding diaryl/α,β-unsaturated/α-hetero) is 1. The monoisotopic (exact) mass is 391 g/mol. The predicted octanol–water partition coefficient (Wildman–Crippen LogP) is 3.21. The minimum absolute atomic E-state index is 0.0568. The summed E-state index contributed by atoms with van der Waals surface area (Å²) in [6.07, 6.45) is 4.80. The second-order valence-electron chi connectivity index (χ2n) is 7.30. The molecule has 7 heteroatoms. The molecule has 0 unspecified atom stereocenters. The molecule has 1 amide bonds. The molecule has 0 aromatic heterocycles. The minimum Gasteiger partial charge on any atom is -0.493 e. The number of ether oxygens (including phenoxy) is 2. The van der Waals surface area contributed by atoms with Gasteiger partial charge < -0.3 is 19.9 Å². The van der Waals surface area contributed by atoms with Crippen molar-refractivity contribution in [1.82, 2.24) is 5.32 Å². The third-order valence-electron chi connectivity index (χ3n) is 5.26. The number of carbonyl (C=O) groups excluding carboxylic acids is 2. The number of hydrogen-bond acceptors (Lipinski definition) is 5. The standard InChI is InChI=1S/C21H29NO6/c1-15(23)16-8-9-17(18(13-16)27-2)28-12-6-7-19(24)22-14-21(20(25)26)10-4-3-5-11-21/h8-9,13H,3-7,10-12,14H2,1-2H3,(H,22,24)(H,25,26). The van der Waals surface area contributed by atoms with Crippen LogP contribution >= 0.6 is 0 Å². The molecule has 7 nitrogen and oxygen atoms in total. The van der Waals surface area contributed by atoms with Crippen LogP contribution in [0.4, 0.5) is 0 Å². The van der Waals surface area contributed by atoms with E-state index in [0.717, 1.165) is 19.3 Å². The van der Waals surface area contributed by atoms with Crippen LogP contribution in [-0.2, 0) is 9.59 Å². The van der Waals surface area contributed by atoms with Crippen LogP contribution in [0.2, 0.25) is 0 Å². The Morgan fingerprint density at radius 2 is 1.86 bits per heavy atom. The zero-order valence-electron chi connectivity index (χ0n) is 16.6. The molecule has 0 saturated heterocycles. The van der Waals surface area contributed by atoms with Gasteiger partial charge in [0.2, 0.25) is 5.91 Å². The maximum Gasteiger partial charge on any atom is 0.311 e. The van der Waals surface area contributed by atoms with E-state index in [2.05, 4.69) is 5.32 Å². The predicted molar refractivity (Wildman–Crippen MR) is 104 cm³/mol. The number of nitrogens with one attached hydrogen (secondary N) is 1. The summed E-state index contributed by atoms with van der Waals surface area (Å²) in [4.78, 5) is 35.1. The van der Waals surface area contributed by atoms with Gasteiger partial charge in [-0.2, -0.15) is 0 Å². The number of carbonyl (C=O) groups is 3. The first-order valence-electron chi connectivity index (χ1n) is 9.70. The fourth-order valence-electron chi connectivity index (χ4n) is 3.47. The molecule has 1 aromatic rings. The number of carboxylic acid groups (broad SMARTS) is 1. The van der Waals surface area contributed by atoms with Crippen molar-refractivity contribution >= 4 is 17.7 Å². The average molecular weight is 391 g/mol. The van der Waals surface area contributed by atoms with E-state index in [-0.39, 0.29) is 24.7 Å². The van der Waals surface area contributed by atoms with Crippen LogP contribution in [0.15, 0.2) is 18.2 Å². The van der Waals surface area contributed by atoms with Crippen molar-refractivity contribution in [3.63, 3.8) is 0 Å². The van der Waals surface area contributed by atoms with Gasteiger partial charge in [0.1, 0.15) is 0 Å². The highest BCUT2D eigenvalue weighted by molar-refractivity contribution is 5.94. The van der Waals surface area contributed by atoms with Crippen molar-refractivity contribution in [2.75, 3.05) is 20.3 Å². The smallest absolute Gasteiger partial charge is 0.311 e. The number of ketones is 1. The first kappa shape index (κ1) is 21.7. The number of rotatable bonds is 10. The molecule has 0 heterocycles. The number of amides is 1. The highest BCUT2D eigenvalue weighted by Gasteiger charge is 2.39. The molecule has 0 atom stereocenters. The first-order chi connectivity index (χ1) is 13.4. The maximum absolute atomic E-state index is 12.1. The highest BCUT2D eigenvalue weighted by atomic mass is 16.5. The van der Waals surface area contributed by atoms with Crippen molar-refractivity contribution < 1.29 is 29.0 Å². The van der Waals surface area contributed by atoms with E-state index in [1.165, 1.54) is 14.0 Å². The molecule has 1 aliphatic carbocycles. The van der Waals surface area contributed by atoms with E-state index in [1.807, 2.05) is 0 Å². The molecule has 1 fully saturated rings. The van der Waals surface area contributed by atoms with Crippen molar-refractivity contribution in [1.29, 1.82) is 0 Å². The molecule has 2 rings (SSSR count). The molecule has 1 aliphatic rings. The number of methoxy groups -OCH3 is 1. The maximum atomic E-state index is 12.1. The van der Waals surface area contributed by atoms with Gasteiger partial charge in [0.15, 0.2) is 17.3 Å². The SMILES string of the molecule is COc1cc(C(C)=O)ccc1OCCCC(=O)NCC1(C(=O)O)CCCCC1. The Labute approximate surface area is 165 Å². The lowest BCUT2D eigenvalue weighted by atomic mass is 9.74. The lowest BCUT2D eigenvalue weighted by Crippen LogP contribution is -2.44. The van der Waals surface area contributed by atoms with Gasteiger partial charge in [-0.1, -0.05) is 19.3 Å². The Kier molecular flexibility index (Phi) is 7.84. The van der Waals surface area contributed by atoms with Crippen LogP contribution in [-0.4, -0.2) is 43.0 Å². The Bertz CT molecular complexity index is 709. The summed E-state index contributed by atoms with van der Waals surface area (Å²) in [5.74, 6) is -0.0676. The zero-order chi connectivity index (χ0) is 20.6. The number of benzene rings is 1. The largest absolute Gasteiger partial charge is 0.493 e. The third kappa shape index (κ3) is 5.71. The molecular weight excluding hydrogens is 362 g/mol. The molecule has 2 N–H and O–H groups in total. The van der Waals surface area contributed by atoms with Crippen LogP contribution in [0, 0.1) is 5.41 Å². The second kappa shape index (κ2) is 10.1. The van der Waals surface area contributed by atoms with Gasteiger partial charge in [-0.15, -0.1) is 0 Å². The van der Waals surface area contributed by atoms with Crippen molar-refractivity contribution in [3.8, 4) is 11.5 Å². The molecular formula is C21H29NO6. The van der Waals surface area contributed by atoms with E-state index in [0.29, 0.717) is 42.9 Å². The number of carboxylic acids is 1. The van der Waals surface area contributed by atoms with Crippen LogP contribution in [0.1, 0.15) is 62.2 Å². The summed E-state index contributed by atoms with van der Waals surface area (Å²) in [6, 6.07) is 4.97. The van der Waals surface area contributed by atoms with Crippen LogP contribution in [0.5, 0.6) is 11.5 Å². The van der Waals surface area contributed by atoms with Crippen LogP contribution in [0.25, 0.3) is 0 Å². The summed E-state index contributed by atoms with van der Waals surface area (Å²) in [5, 5.41) is 12.3. The van der Waals surface area contributed by atoms with Gasteiger partial charge in [-0.25, -0.2) is 0 Å². The first-order valence-corrected chi connectivity index (χ1v) is 9.70.